The van der Waals surface area contributed by atoms with E-state index >= 15 is 0 Å². The van der Waals surface area contributed by atoms with E-state index in [9.17, 15) is 18.5 Å². The van der Waals surface area contributed by atoms with Gasteiger partial charge in [0.15, 0.2) is 4.90 Å². The van der Waals surface area contributed by atoms with Crippen molar-refractivity contribution in [2.75, 3.05) is 5.73 Å². The van der Waals surface area contributed by atoms with Crippen LogP contribution < -0.4 is 10.9 Å². The fraction of sp³-hybridized carbons (Fsp3) is 0. The molecule has 8 heteroatoms. The molecule has 0 amide bonds. The zero-order chi connectivity index (χ0) is 10.9. The lowest BCUT2D eigenvalue weighted by molar-refractivity contribution is -0.387. The Kier molecular flexibility index (Phi) is 2.41. The van der Waals surface area contributed by atoms with Gasteiger partial charge in [-0.2, -0.15) is 0 Å². The SMILES string of the molecule is Nc1cccc([N+](=O)[O-])c1S(N)(=O)=O. The molecule has 14 heavy (non-hydrogen) atoms. The van der Waals surface area contributed by atoms with Gasteiger partial charge in [-0.05, 0) is 6.07 Å². The summed E-state index contributed by atoms with van der Waals surface area (Å²) in [6, 6.07) is 3.53. The molecule has 0 saturated carbocycles. The van der Waals surface area contributed by atoms with Gasteiger partial charge in [0, 0.05) is 6.07 Å². The van der Waals surface area contributed by atoms with Crippen LogP contribution in [0.15, 0.2) is 23.1 Å². The highest BCUT2D eigenvalue weighted by molar-refractivity contribution is 7.89. The predicted octanol–water partition coefficient (Wildman–Crippen LogP) is -0.176. The van der Waals surface area contributed by atoms with E-state index < -0.39 is 25.5 Å². The molecule has 76 valence electrons. The van der Waals surface area contributed by atoms with Crippen LogP contribution in [0.2, 0.25) is 0 Å². The number of benzene rings is 1. The molecule has 1 rings (SSSR count). The third-order valence-electron chi connectivity index (χ3n) is 1.51. The van der Waals surface area contributed by atoms with Crippen molar-refractivity contribution in [2.45, 2.75) is 4.90 Å². The summed E-state index contributed by atoms with van der Waals surface area (Å²) in [5.41, 5.74) is 4.43. The first-order valence-corrected chi connectivity index (χ1v) is 4.94. The summed E-state index contributed by atoms with van der Waals surface area (Å²) < 4.78 is 21.9. The van der Waals surface area contributed by atoms with Gasteiger partial charge in [-0.3, -0.25) is 10.1 Å². The second kappa shape index (κ2) is 3.24. The molecule has 0 aliphatic carbocycles. The maximum atomic E-state index is 11.0. The van der Waals surface area contributed by atoms with Crippen molar-refractivity contribution in [2.24, 2.45) is 5.14 Å². The van der Waals surface area contributed by atoms with Crippen molar-refractivity contribution in [3.05, 3.63) is 28.3 Å². The number of nitro benzene ring substituents is 1. The molecule has 0 unspecified atom stereocenters. The average molecular weight is 217 g/mol. The van der Waals surface area contributed by atoms with Crippen molar-refractivity contribution >= 4 is 21.4 Å². The number of nitrogens with two attached hydrogens (primary N) is 2. The predicted molar refractivity (Wildman–Crippen MR) is 48.9 cm³/mol. The second-order valence-electron chi connectivity index (χ2n) is 2.50. The lowest BCUT2D eigenvalue weighted by Crippen LogP contribution is -2.16. The van der Waals surface area contributed by atoms with E-state index in [0.29, 0.717) is 0 Å². The maximum Gasteiger partial charge on any atom is 0.291 e. The maximum absolute atomic E-state index is 11.0. The van der Waals surface area contributed by atoms with Gasteiger partial charge in [-0.25, -0.2) is 13.6 Å². The fourth-order valence-corrected chi connectivity index (χ4v) is 1.83. The molecule has 0 aliphatic heterocycles. The van der Waals surface area contributed by atoms with Gasteiger partial charge in [-0.1, -0.05) is 6.07 Å². The molecule has 0 bridgehead atoms. The number of hydrogen-bond donors (Lipinski definition) is 2. The molecule has 0 radical (unpaired) electrons. The summed E-state index contributed by atoms with van der Waals surface area (Å²) in [4.78, 5) is 8.95. The minimum Gasteiger partial charge on any atom is -0.397 e. The van der Waals surface area contributed by atoms with Crippen molar-refractivity contribution < 1.29 is 13.3 Å². The number of rotatable bonds is 2. The van der Waals surface area contributed by atoms with Gasteiger partial charge in [0.2, 0.25) is 10.0 Å². The molecule has 0 saturated heterocycles. The van der Waals surface area contributed by atoms with Gasteiger partial charge < -0.3 is 5.73 Å². The Balaban J connectivity index is 3.62. The summed E-state index contributed by atoms with van der Waals surface area (Å²) in [5.74, 6) is 0. The molecule has 7 nitrogen and oxygen atoms in total. The number of nitrogen functional groups attached to an aromatic ring is 1. The highest BCUT2D eigenvalue weighted by Gasteiger charge is 2.24. The Hall–Kier alpha value is -1.67. The van der Waals surface area contributed by atoms with Gasteiger partial charge in [0.05, 0.1) is 10.6 Å². The van der Waals surface area contributed by atoms with E-state index in [-0.39, 0.29) is 5.69 Å². The summed E-state index contributed by atoms with van der Waals surface area (Å²) in [6.07, 6.45) is 0. The first-order valence-electron chi connectivity index (χ1n) is 3.39. The first kappa shape index (κ1) is 10.4. The zero-order valence-electron chi connectivity index (χ0n) is 6.88. The molecule has 0 spiro atoms. The molecule has 0 aliphatic rings. The van der Waals surface area contributed by atoms with E-state index in [4.69, 9.17) is 10.9 Å². The summed E-state index contributed by atoms with van der Waals surface area (Å²) in [6.45, 7) is 0. The standard InChI is InChI=1S/C6H7N3O4S/c7-4-2-1-3-5(9(10)11)6(4)14(8,12)13/h1-3H,7H2,(H2,8,12,13). The minimum absolute atomic E-state index is 0.235. The van der Waals surface area contributed by atoms with Crippen molar-refractivity contribution in [1.29, 1.82) is 0 Å². The van der Waals surface area contributed by atoms with Crippen LogP contribution in [0.25, 0.3) is 0 Å². The van der Waals surface area contributed by atoms with Crippen LogP contribution in [-0.4, -0.2) is 13.3 Å². The van der Waals surface area contributed by atoms with Crippen LogP contribution in [-0.2, 0) is 10.0 Å². The molecule has 0 aromatic heterocycles. The molecular weight excluding hydrogens is 210 g/mol. The number of primary sulfonamides is 1. The number of hydrogen-bond acceptors (Lipinski definition) is 5. The van der Waals surface area contributed by atoms with Gasteiger partial charge in [-0.15, -0.1) is 0 Å². The van der Waals surface area contributed by atoms with E-state index in [1.807, 2.05) is 0 Å². The third kappa shape index (κ3) is 1.80. The second-order valence-corrected chi connectivity index (χ2v) is 4.00. The molecule has 0 fully saturated rings. The number of nitrogens with zero attached hydrogens (tertiary/aromatic N) is 1. The van der Waals surface area contributed by atoms with Crippen LogP contribution in [0.3, 0.4) is 0 Å². The van der Waals surface area contributed by atoms with Crippen LogP contribution in [0.5, 0.6) is 0 Å². The Morgan fingerprint density at radius 2 is 1.93 bits per heavy atom. The van der Waals surface area contributed by atoms with Crippen molar-refractivity contribution in [3.8, 4) is 0 Å². The monoisotopic (exact) mass is 217 g/mol. The van der Waals surface area contributed by atoms with E-state index in [1.54, 1.807) is 0 Å². The van der Waals surface area contributed by atoms with Gasteiger partial charge in [0.25, 0.3) is 5.69 Å². The molecule has 4 N–H and O–H groups in total. The Morgan fingerprint density at radius 3 is 2.29 bits per heavy atom. The van der Waals surface area contributed by atoms with Crippen molar-refractivity contribution in [1.82, 2.24) is 0 Å². The molecule has 1 aromatic carbocycles. The lowest BCUT2D eigenvalue weighted by atomic mass is 10.3. The Bertz CT molecular complexity index is 482. The number of nitro groups is 1. The molecular formula is C6H7N3O4S. The zero-order valence-corrected chi connectivity index (χ0v) is 7.69. The van der Waals surface area contributed by atoms with E-state index in [2.05, 4.69) is 0 Å². The molecule has 1 aromatic rings. The van der Waals surface area contributed by atoms with E-state index in [1.165, 1.54) is 12.1 Å². The van der Waals surface area contributed by atoms with E-state index in [0.717, 1.165) is 6.07 Å². The number of anilines is 1. The van der Waals surface area contributed by atoms with Crippen LogP contribution in [0, 0.1) is 10.1 Å². The average Bonchev–Trinajstić information content (AvgIpc) is 2.01. The summed E-state index contributed by atoms with van der Waals surface area (Å²) >= 11 is 0. The van der Waals surface area contributed by atoms with Gasteiger partial charge >= 0.3 is 0 Å². The molecule has 0 heterocycles. The highest BCUT2D eigenvalue weighted by atomic mass is 32.2. The highest BCUT2D eigenvalue weighted by Crippen LogP contribution is 2.27. The first-order chi connectivity index (χ1) is 6.34. The van der Waals surface area contributed by atoms with Crippen LogP contribution >= 0.6 is 0 Å². The molecule has 0 atom stereocenters. The minimum atomic E-state index is -4.18. The van der Waals surface area contributed by atoms with Gasteiger partial charge in [0.1, 0.15) is 0 Å². The lowest BCUT2D eigenvalue weighted by Gasteiger charge is -2.02. The summed E-state index contributed by atoms with van der Waals surface area (Å²) in [7, 11) is -4.18. The topological polar surface area (TPSA) is 129 Å². The normalized spacial score (nSPS) is 11.2. The fourth-order valence-electron chi connectivity index (χ4n) is 0.996. The summed E-state index contributed by atoms with van der Waals surface area (Å²) in [5, 5.41) is 15.2. The quantitative estimate of drug-likeness (QED) is 0.403. The largest absolute Gasteiger partial charge is 0.397 e. The Morgan fingerprint density at radius 1 is 1.36 bits per heavy atom. The Labute approximate surface area is 79.5 Å². The smallest absolute Gasteiger partial charge is 0.291 e. The number of sulfonamides is 1. The third-order valence-corrected chi connectivity index (χ3v) is 2.52. The van der Waals surface area contributed by atoms with Crippen LogP contribution in [0.4, 0.5) is 11.4 Å². The van der Waals surface area contributed by atoms with Crippen LogP contribution in [0.1, 0.15) is 0 Å². The van der Waals surface area contributed by atoms with Crippen molar-refractivity contribution in [3.63, 3.8) is 0 Å².